The van der Waals surface area contributed by atoms with Gasteiger partial charge in [-0.15, -0.1) is 0 Å². The first kappa shape index (κ1) is 14.1. The molecule has 1 aromatic rings. The Morgan fingerprint density at radius 3 is 2.63 bits per heavy atom. The number of hydrogen-bond acceptors (Lipinski definition) is 3. The van der Waals surface area contributed by atoms with E-state index in [1.54, 1.807) is 13.2 Å². The number of aryl methyl sites for hydroxylation is 1. The highest BCUT2D eigenvalue weighted by Gasteiger charge is 2.38. The van der Waals surface area contributed by atoms with Gasteiger partial charge in [0.15, 0.2) is 0 Å². The van der Waals surface area contributed by atoms with Crippen LogP contribution in [0, 0.1) is 0 Å². The fourth-order valence-electron chi connectivity index (χ4n) is 2.90. The van der Waals surface area contributed by atoms with Crippen molar-refractivity contribution < 1.29 is 9.53 Å². The summed E-state index contributed by atoms with van der Waals surface area (Å²) >= 11 is 6.29. The molecule has 102 valence electrons. The van der Waals surface area contributed by atoms with Gasteiger partial charge in [0, 0.05) is 5.56 Å². The molecule has 0 N–H and O–H groups in total. The molecule has 0 saturated heterocycles. The Balaban J connectivity index is 2.64. The van der Waals surface area contributed by atoms with Crippen LogP contribution in [0.4, 0.5) is 0 Å². The Kier molecular flexibility index (Phi) is 4.28. The number of halogens is 1. The molecule has 19 heavy (non-hydrogen) atoms. The van der Waals surface area contributed by atoms with E-state index >= 15 is 0 Å². The molecule has 1 saturated carbocycles. The van der Waals surface area contributed by atoms with Gasteiger partial charge in [0.25, 0.3) is 0 Å². The Morgan fingerprint density at radius 1 is 1.42 bits per heavy atom. The monoisotopic (exact) mass is 279 g/mol. The number of ether oxygens (including phenoxy) is 1. The summed E-state index contributed by atoms with van der Waals surface area (Å²) in [6.45, 7) is 2.08. The van der Waals surface area contributed by atoms with Gasteiger partial charge in [-0.3, -0.25) is 0 Å². The van der Waals surface area contributed by atoms with Gasteiger partial charge in [-0.25, -0.2) is 4.79 Å². The third kappa shape index (κ3) is 2.54. The summed E-state index contributed by atoms with van der Waals surface area (Å²) in [6.07, 6.45) is 6.43. The van der Waals surface area contributed by atoms with E-state index in [4.69, 9.17) is 16.3 Å². The van der Waals surface area contributed by atoms with E-state index in [-0.39, 0.29) is 0 Å². The Labute approximate surface area is 118 Å². The van der Waals surface area contributed by atoms with Gasteiger partial charge in [0.05, 0.1) is 12.1 Å². The van der Waals surface area contributed by atoms with Crippen LogP contribution in [-0.2, 0) is 16.8 Å². The fourth-order valence-corrected chi connectivity index (χ4v) is 3.21. The molecule has 0 spiro atoms. The van der Waals surface area contributed by atoms with Gasteiger partial charge in [0.2, 0.25) is 6.08 Å². The average Bonchev–Trinajstić information content (AvgIpc) is 2.88. The Hall–Kier alpha value is -1.31. The second kappa shape index (κ2) is 5.77. The lowest BCUT2D eigenvalue weighted by Gasteiger charge is -2.26. The topological polar surface area (TPSA) is 38.7 Å². The van der Waals surface area contributed by atoms with E-state index in [0.29, 0.717) is 10.8 Å². The molecular formula is C15H18ClNO2. The lowest BCUT2D eigenvalue weighted by Crippen LogP contribution is -2.20. The van der Waals surface area contributed by atoms with Crippen LogP contribution in [0.25, 0.3) is 0 Å². The predicted octanol–water partition coefficient (Wildman–Crippen LogP) is 4.02. The van der Waals surface area contributed by atoms with Crippen LogP contribution in [0.3, 0.4) is 0 Å². The van der Waals surface area contributed by atoms with E-state index < -0.39 is 5.54 Å². The van der Waals surface area contributed by atoms with Gasteiger partial charge in [0.1, 0.15) is 11.3 Å². The van der Waals surface area contributed by atoms with E-state index in [9.17, 15) is 4.79 Å². The third-order valence-electron chi connectivity index (χ3n) is 3.91. The molecule has 0 amide bonds. The molecule has 1 aromatic carbocycles. The van der Waals surface area contributed by atoms with Gasteiger partial charge >= 0.3 is 0 Å². The largest absolute Gasteiger partial charge is 0.495 e. The molecule has 1 fully saturated rings. The smallest absolute Gasteiger partial charge is 0.235 e. The molecule has 0 unspecified atom stereocenters. The second-order valence-corrected chi connectivity index (χ2v) is 5.36. The SMILES string of the molecule is CCc1cc(Cl)c(OC)c(C2(N=C=O)CCCC2)c1. The minimum atomic E-state index is -0.498. The third-order valence-corrected chi connectivity index (χ3v) is 4.19. The van der Waals surface area contributed by atoms with Crippen molar-refractivity contribution in [1.29, 1.82) is 0 Å². The zero-order valence-electron chi connectivity index (χ0n) is 11.3. The molecule has 0 radical (unpaired) electrons. The maximum atomic E-state index is 10.8. The summed E-state index contributed by atoms with van der Waals surface area (Å²) in [4.78, 5) is 14.9. The van der Waals surface area contributed by atoms with Crippen LogP contribution in [-0.4, -0.2) is 13.2 Å². The van der Waals surface area contributed by atoms with Crippen LogP contribution in [0.2, 0.25) is 5.02 Å². The standard InChI is InChI=1S/C15H18ClNO2/c1-3-11-8-12(14(19-2)13(16)9-11)15(17-10-18)6-4-5-7-15/h8-9H,3-7H2,1-2H3. The first-order valence-electron chi connectivity index (χ1n) is 6.63. The number of carbonyl (C=O) groups excluding carboxylic acids is 1. The van der Waals surface area contributed by atoms with E-state index in [0.717, 1.165) is 43.2 Å². The van der Waals surface area contributed by atoms with Crippen molar-refractivity contribution in [3.05, 3.63) is 28.3 Å². The molecule has 0 heterocycles. The van der Waals surface area contributed by atoms with Crippen molar-refractivity contribution in [3.63, 3.8) is 0 Å². The molecule has 0 bridgehead atoms. The molecule has 0 atom stereocenters. The zero-order valence-corrected chi connectivity index (χ0v) is 12.1. The molecule has 0 aliphatic heterocycles. The van der Waals surface area contributed by atoms with Crippen molar-refractivity contribution in [2.45, 2.75) is 44.6 Å². The first-order chi connectivity index (χ1) is 9.16. The summed E-state index contributed by atoms with van der Waals surface area (Å²) in [7, 11) is 1.60. The minimum Gasteiger partial charge on any atom is -0.495 e. The highest BCUT2D eigenvalue weighted by molar-refractivity contribution is 6.32. The number of nitrogens with zero attached hydrogens (tertiary/aromatic N) is 1. The second-order valence-electron chi connectivity index (χ2n) is 4.95. The summed E-state index contributed by atoms with van der Waals surface area (Å²) in [5.41, 5.74) is 1.57. The van der Waals surface area contributed by atoms with Crippen molar-refractivity contribution >= 4 is 17.7 Å². The number of aliphatic imine (C=N–C) groups is 1. The van der Waals surface area contributed by atoms with Crippen LogP contribution in [0.1, 0.15) is 43.7 Å². The molecule has 3 nitrogen and oxygen atoms in total. The lowest BCUT2D eigenvalue weighted by molar-refractivity contribution is 0.379. The van der Waals surface area contributed by atoms with Gasteiger partial charge in [-0.05, 0) is 37.0 Å². The number of hydrogen-bond donors (Lipinski definition) is 0. The highest BCUT2D eigenvalue weighted by Crippen LogP contribution is 2.48. The maximum absolute atomic E-state index is 10.8. The molecular weight excluding hydrogens is 262 g/mol. The molecule has 4 heteroatoms. The molecule has 0 aromatic heterocycles. The van der Waals surface area contributed by atoms with E-state index in [1.165, 1.54) is 0 Å². The molecule has 2 rings (SSSR count). The predicted molar refractivity (Wildman–Crippen MR) is 75.6 cm³/mol. The maximum Gasteiger partial charge on any atom is 0.235 e. The molecule has 1 aliphatic carbocycles. The van der Waals surface area contributed by atoms with E-state index in [1.807, 2.05) is 6.07 Å². The summed E-state index contributed by atoms with van der Waals surface area (Å²) in [6, 6.07) is 3.98. The zero-order chi connectivity index (χ0) is 13.9. The average molecular weight is 280 g/mol. The quantitative estimate of drug-likeness (QED) is 0.617. The lowest BCUT2D eigenvalue weighted by atomic mass is 9.86. The van der Waals surface area contributed by atoms with Crippen LogP contribution in [0.5, 0.6) is 5.75 Å². The number of isocyanates is 1. The van der Waals surface area contributed by atoms with Gasteiger partial charge in [-0.2, -0.15) is 4.99 Å². The normalized spacial score (nSPS) is 17.0. The molecule has 1 aliphatic rings. The van der Waals surface area contributed by atoms with Crippen molar-refractivity contribution in [3.8, 4) is 5.75 Å². The van der Waals surface area contributed by atoms with Crippen molar-refractivity contribution in [2.75, 3.05) is 7.11 Å². The number of methoxy groups -OCH3 is 1. The van der Waals surface area contributed by atoms with Gasteiger partial charge in [-0.1, -0.05) is 31.4 Å². The van der Waals surface area contributed by atoms with Crippen LogP contribution >= 0.6 is 11.6 Å². The first-order valence-corrected chi connectivity index (χ1v) is 7.00. The Bertz CT molecular complexity index is 515. The Morgan fingerprint density at radius 2 is 2.11 bits per heavy atom. The number of rotatable bonds is 4. The van der Waals surface area contributed by atoms with E-state index in [2.05, 4.69) is 18.0 Å². The van der Waals surface area contributed by atoms with Crippen LogP contribution in [0.15, 0.2) is 17.1 Å². The fraction of sp³-hybridized carbons (Fsp3) is 0.533. The van der Waals surface area contributed by atoms with Gasteiger partial charge < -0.3 is 4.74 Å². The minimum absolute atomic E-state index is 0.498. The highest BCUT2D eigenvalue weighted by atomic mass is 35.5. The number of benzene rings is 1. The van der Waals surface area contributed by atoms with Crippen molar-refractivity contribution in [2.24, 2.45) is 4.99 Å². The summed E-state index contributed by atoms with van der Waals surface area (Å²) in [5, 5.41) is 0.587. The summed E-state index contributed by atoms with van der Waals surface area (Å²) in [5.74, 6) is 0.639. The van der Waals surface area contributed by atoms with Crippen LogP contribution < -0.4 is 4.74 Å². The summed E-state index contributed by atoms with van der Waals surface area (Å²) < 4.78 is 5.44. The van der Waals surface area contributed by atoms with Crippen molar-refractivity contribution in [1.82, 2.24) is 0 Å².